The Bertz CT molecular complexity index is 173. The smallest absolute Gasteiger partial charge is 0.146 e. The van der Waals surface area contributed by atoms with Crippen molar-refractivity contribution in [2.24, 2.45) is 5.92 Å². The normalized spacial score (nSPS) is 21.8. The van der Waals surface area contributed by atoms with Crippen molar-refractivity contribution in [3.8, 4) is 0 Å². The second kappa shape index (κ2) is 7.26. The van der Waals surface area contributed by atoms with E-state index in [0.29, 0.717) is 24.9 Å². The summed E-state index contributed by atoms with van der Waals surface area (Å²) in [5, 5.41) is 0. The maximum Gasteiger partial charge on any atom is 0.146 e. The van der Waals surface area contributed by atoms with Crippen molar-refractivity contribution in [2.45, 2.75) is 12.8 Å². The van der Waals surface area contributed by atoms with E-state index in [-0.39, 0.29) is 0 Å². The Morgan fingerprint density at radius 2 is 2.29 bits per heavy atom. The third-order valence-electron chi connectivity index (χ3n) is 2.29. The molecule has 0 N–H and O–H groups in total. The zero-order chi connectivity index (χ0) is 10.2. The third-order valence-corrected chi connectivity index (χ3v) is 3.42. The number of rotatable bonds is 7. The molecule has 0 aromatic heterocycles. The van der Waals surface area contributed by atoms with Crippen LogP contribution in [0.5, 0.6) is 0 Å². The van der Waals surface area contributed by atoms with Gasteiger partial charge in [-0.2, -0.15) is 11.8 Å². The molecule has 1 aliphatic heterocycles. The summed E-state index contributed by atoms with van der Waals surface area (Å²) in [6, 6.07) is 0. The average molecular weight is 218 g/mol. The summed E-state index contributed by atoms with van der Waals surface area (Å²) in [6.45, 7) is 2.06. The first-order valence-corrected chi connectivity index (χ1v) is 6.17. The zero-order valence-corrected chi connectivity index (χ0v) is 9.48. The molecule has 1 rings (SSSR count). The lowest BCUT2D eigenvalue weighted by Gasteiger charge is -2.07. The number of ketones is 1. The van der Waals surface area contributed by atoms with E-state index in [2.05, 4.69) is 0 Å². The van der Waals surface area contributed by atoms with Crippen LogP contribution in [0.4, 0.5) is 0 Å². The van der Waals surface area contributed by atoms with Gasteiger partial charge in [0, 0.05) is 25.4 Å². The first-order valence-electron chi connectivity index (χ1n) is 5.01. The topological polar surface area (TPSA) is 35.5 Å². The van der Waals surface area contributed by atoms with Crippen LogP contribution in [0.25, 0.3) is 0 Å². The Kier molecular flexibility index (Phi) is 6.23. The van der Waals surface area contributed by atoms with Gasteiger partial charge in [-0.1, -0.05) is 0 Å². The molecule has 4 heteroatoms. The van der Waals surface area contributed by atoms with Crippen LogP contribution in [0.3, 0.4) is 0 Å². The van der Waals surface area contributed by atoms with Gasteiger partial charge in [-0.05, 0) is 12.8 Å². The summed E-state index contributed by atoms with van der Waals surface area (Å²) in [5.74, 6) is 2.45. The largest absolute Gasteiger partial charge is 0.382 e. The van der Waals surface area contributed by atoms with Crippen molar-refractivity contribution in [1.82, 2.24) is 0 Å². The van der Waals surface area contributed by atoms with Gasteiger partial charge >= 0.3 is 0 Å². The van der Waals surface area contributed by atoms with E-state index in [0.717, 1.165) is 31.0 Å². The predicted molar refractivity (Wildman–Crippen MR) is 57.8 cm³/mol. The van der Waals surface area contributed by atoms with E-state index in [1.165, 1.54) is 0 Å². The molecule has 82 valence electrons. The summed E-state index contributed by atoms with van der Waals surface area (Å²) in [4.78, 5) is 11.3. The van der Waals surface area contributed by atoms with Crippen LogP contribution in [-0.2, 0) is 14.3 Å². The Labute approximate surface area is 89.5 Å². The SMILES string of the molecule is COCCOCCCC1CSCC1=O. The molecule has 1 heterocycles. The van der Waals surface area contributed by atoms with E-state index >= 15 is 0 Å². The molecule has 1 saturated heterocycles. The summed E-state index contributed by atoms with van der Waals surface area (Å²) in [6.07, 6.45) is 1.97. The lowest BCUT2D eigenvalue weighted by atomic mass is 10.0. The minimum absolute atomic E-state index is 0.297. The lowest BCUT2D eigenvalue weighted by Crippen LogP contribution is -2.12. The van der Waals surface area contributed by atoms with Crippen molar-refractivity contribution in [1.29, 1.82) is 0 Å². The minimum atomic E-state index is 0.297. The number of carbonyl (C=O) groups is 1. The van der Waals surface area contributed by atoms with E-state index < -0.39 is 0 Å². The fourth-order valence-corrected chi connectivity index (χ4v) is 2.62. The van der Waals surface area contributed by atoms with Crippen LogP contribution >= 0.6 is 11.8 Å². The molecule has 14 heavy (non-hydrogen) atoms. The van der Waals surface area contributed by atoms with Crippen molar-refractivity contribution in [3.63, 3.8) is 0 Å². The standard InChI is InChI=1S/C10H18O3S/c1-12-5-6-13-4-2-3-9-7-14-8-10(9)11/h9H,2-8H2,1H3. The molecule has 0 aliphatic carbocycles. The van der Waals surface area contributed by atoms with Crippen LogP contribution in [-0.4, -0.2) is 44.2 Å². The Morgan fingerprint density at radius 3 is 2.93 bits per heavy atom. The van der Waals surface area contributed by atoms with Gasteiger partial charge in [0.05, 0.1) is 19.0 Å². The number of thioether (sulfide) groups is 1. The number of hydrogen-bond acceptors (Lipinski definition) is 4. The number of Topliss-reactive ketones (excluding diaryl/α,β-unsaturated/α-hetero) is 1. The monoisotopic (exact) mass is 218 g/mol. The fourth-order valence-electron chi connectivity index (χ4n) is 1.43. The van der Waals surface area contributed by atoms with E-state index in [4.69, 9.17) is 9.47 Å². The van der Waals surface area contributed by atoms with E-state index in [1.54, 1.807) is 18.9 Å². The molecule has 0 aromatic carbocycles. The van der Waals surface area contributed by atoms with Crippen LogP contribution in [0.1, 0.15) is 12.8 Å². The van der Waals surface area contributed by atoms with Gasteiger partial charge in [0.2, 0.25) is 0 Å². The predicted octanol–water partition coefficient (Wildman–Crippen LogP) is 1.36. The summed E-state index contributed by atoms with van der Waals surface area (Å²) >= 11 is 1.75. The van der Waals surface area contributed by atoms with Crippen molar-refractivity contribution < 1.29 is 14.3 Å². The van der Waals surface area contributed by atoms with Crippen LogP contribution in [0.2, 0.25) is 0 Å². The fraction of sp³-hybridized carbons (Fsp3) is 0.900. The Morgan fingerprint density at radius 1 is 1.43 bits per heavy atom. The first kappa shape index (κ1) is 12.0. The summed E-state index contributed by atoms with van der Waals surface area (Å²) in [5.41, 5.74) is 0. The molecule has 0 bridgehead atoms. The molecule has 0 radical (unpaired) electrons. The highest BCUT2D eigenvalue weighted by Crippen LogP contribution is 2.23. The van der Waals surface area contributed by atoms with Gasteiger partial charge in [0.15, 0.2) is 0 Å². The zero-order valence-electron chi connectivity index (χ0n) is 8.66. The summed E-state index contributed by atoms with van der Waals surface area (Å²) in [7, 11) is 1.66. The Balaban J connectivity index is 1.90. The molecule has 0 amide bonds. The minimum Gasteiger partial charge on any atom is -0.382 e. The maximum absolute atomic E-state index is 11.3. The van der Waals surface area contributed by atoms with E-state index in [9.17, 15) is 4.79 Å². The van der Waals surface area contributed by atoms with Crippen LogP contribution in [0.15, 0.2) is 0 Å². The molecule has 1 atom stereocenters. The van der Waals surface area contributed by atoms with Gasteiger partial charge in [-0.3, -0.25) is 4.79 Å². The summed E-state index contributed by atoms with van der Waals surface area (Å²) < 4.78 is 10.2. The van der Waals surface area contributed by atoms with Gasteiger partial charge in [-0.25, -0.2) is 0 Å². The van der Waals surface area contributed by atoms with Gasteiger partial charge in [0.25, 0.3) is 0 Å². The maximum atomic E-state index is 11.3. The molecule has 1 fully saturated rings. The van der Waals surface area contributed by atoms with Crippen LogP contribution < -0.4 is 0 Å². The number of ether oxygens (including phenoxy) is 2. The second-order valence-electron chi connectivity index (χ2n) is 3.43. The Hall–Kier alpha value is -0.0600. The number of hydrogen-bond donors (Lipinski definition) is 0. The van der Waals surface area contributed by atoms with Crippen molar-refractivity contribution in [3.05, 3.63) is 0 Å². The van der Waals surface area contributed by atoms with Crippen molar-refractivity contribution in [2.75, 3.05) is 38.4 Å². The van der Waals surface area contributed by atoms with Crippen molar-refractivity contribution >= 4 is 17.5 Å². The molecule has 0 spiro atoms. The third kappa shape index (κ3) is 4.44. The number of methoxy groups -OCH3 is 1. The average Bonchev–Trinajstić information content (AvgIpc) is 2.58. The highest BCUT2D eigenvalue weighted by atomic mass is 32.2. The first-order chi connectivity index (χ1) is 6.84. The molecule has 1 aliphatic rings. The quantitative estimate of drug-likeness (QED) is 0.604. The lowest BCUT2D eigenvalue weighted by molar-refractivity contribution is -0.119. The highest BCUT2D eigenvalue weighted by Gasteiger charge is 2.23. The molecular formula is C10H18O3S. The van der Waals surface area contributed by atoms with Gasteiger partial charge in [0.1, 0.15) is 5.78 Å². The molecule has 0 saturated carbocycles. The second-order valence-corrected chi connectivity index (χ2v) is 4.46. The van der Waals surface area contributed by atoms with E-state index in [1.807, 2.05) is 0 Å². The molecule has 1 unspecified atom stereocenters. The molecule has 3 nitrogen and oxygen atoms in total. The molecule has 0 aromatic rings. The van der Waals surface area contributed by atoms with Gasteiger partial charge in [-0.15, -0.1) is 0 Å². The van der Waals surface area contributed by atoms with Gasteiger partial charge < -0.3 is 9.47 Å². The number of carbonyl (C=O) groups excluding carboxylic acids is 1. The highest BCUT2D eigenvalue weighted by molar-refractivity contribution is 8.00. The molecular weight excluding hydrogens is 200 g/mol. The van der Waals surface area contributed by atoms with Crippen LogP contribution in [0, 0.1) is 5.92 Å².